The molecule has 21 heavy (non-hydrogen) atoms. The fraction of sp³-hybridized carbons (Fsp3) is 0.857. The fourth-order valence-corrected chi connectivity index (χ4v) is 2.97. The van der Waals surface area contributed by atoms with Crippen LogP contribution in [0.3, 0.4) is 0 Å². The van der Waals surface area contributed by atoms with Crippen molar-refractivity contribution in [2.45, 2.75) is 37.8 Å². The molecule has 0 spiro atoms. The van der Waals surface area contributed by atoms with Gasteiger partial charge in [0, 0.05) is 51.7 Å². The van der Waals surface area contributed by atoms with Crippen LogP contribution in [0.25, 0.3) is 0 Å². The lowest BCUT2D eigenvalue weighted by molar-refractivity contribution is -0.148. The van der Waals surface area contributed by atoms with E-state index in [1.807, 2.05) is 0 Å². The predicted octanol–water partition coefficient (Wildman–Crippen LogP) is 0.356. The molecular weight excluding hydrogens is 274 g/mol. The molecule has 7 nitrogen and oxygen atoms in total. The summed E-state index contributed by atoms with van der Waals surface area (Å²) in [4.78, 5) is 28.0. The number of amides is 2. The first-order valence-corrected chi connectivity index (χ1v) is 7.57. The Bertz CT molecular complexity index is 396. The third-order valence-corrected chi connectivity index (χ3v) is 4.64. The summed E-state index contributed by atoms with van der Waals surface area (Å²) in [6, 6.07) is 0.0609. The maximum atomic E-state index is 12.4. The minimum absolute atomic E-state index is 0.272. The molecule has 0 aromatic carbocycles. The Kier molecular flexibility index (Phi) is 5.05. The normalized spacial score (nSPS) is 26.4. The van der Waals surface area contributed by atoms with E-state index in [-0.39, 0.29) is 6.03 Å². The summed E-state index contributed by atoms with van der Waals surface area (Å²) in [5.74, 6) is -0.972. The number of nitrogens with one attached hydrogen (secondary N) is 1. The van der Waals surface area contributed by atoms with E-state index in [4.69, 9.17) is 4.74 Å². The molecule has 120 valence electrons. The van der Waals surface area contributed by atoms with E-state index < -0.39 is 11.5 Å². The quantitative estimate of drug-likeness (QED) is 0.786. The number of hydrogen-bond donors (Lipinski definition) is 2. The van der Waals surface area contributed by atoms with E-state index >= 15 is 0 Å². The van der Waals surface area contributed by atoms with Crippen LogP contribution >= 0.6 is 0 Å². The second-order valence-electron chi connectivity index (χ2n) is 5.92. The van der Waals surface area contributed by atoms with Gasteiger partial charge in [0.15, 0.2) is 0 Å². The van der Waals surface area contributed by atoms with E-state index in [0.29, 0.717) is 45.2 Å². The number of carboxylic acid groups (broad SMARTS) is 1. The average Bonchev–Trinajstić information content (AvgIpc) is 2.48. The first-order chi connectivity index (χ1) is 9.98. The average molecular weight is 299 g/mol. The summed E-state index contributed by atoms with van der Waals surface area (Å²) in [7, 11) is 2.06. The van der Waals surface area contributed by atoms with Crippen molar-refractivity contribution in [1.29, 1.82) is 0 Å². The molecule has 2 aliphatic rings. The van der Waals surface area contributed by atoms with Gasteiger partial charge in [-0.1, -0.05) is 6.92 Å². The number of carbonyl (C=O) groups is 2. The maximum Gasteiger partial charge on any atom is 0.329 e. The Morgan fingerprint density at radius 2 is 2.00 bits per heavy atom. The molecule has 2 saturated heterocycles. The van der Waals surface area contributed by atoms with Crippen LogP contribution in [0.5, 0.6) is 0 Å². The molecule has 0 saturated carbocycles. The van der Waals surface area contributed by atoms with Gasteiger partial charge in [-0.15, -0.1) is 0 Å². The molecular formula is C14H25N3O4. The summed E-state index contributed by atoms with van der Waals surface area (Å²) in [6.07, 6.45) is 1.61. The van der Waals surface area contributed by atoms with Gasteiger partial charge in [-0.2, -0.15) is 0 Å². The summed E-state index contributed by atoms with van der Waals surface area (Å²) in [5.41, 5.74) is -1.18. The van der Waals surface area contributed by atoms with Gasteiger partial charge in [-0.3, -0.25) is 4.90 Å². The Morgan fingerprint density at radius 1 is 1.33 bits per heavy atom. The minimum atomic E-state index is -1.18. The Morgan fingerprint density at radius 3 is 2.57 bits per heavy atom. The molecule has 0 aliphatic carbocycles. The van der Waals surface area contributed by atoms with Gasteiger partial charge in [-0.05, 0) is 13.5 Å². The van der Waals surface area contributed by atoms with Crippen molar-refractivity contribution >= 4 is 12.0 Å². The van der Waals surface area contributed by atoms with Crippen LogP contribution in [0.4, 0.5) is 4.79 Å². The number of carboxylic acids is 1. The molecule has 2 amide bonds. The monoisotopic (exact) mass is 299 g/mol. The molecule has 0 bridgehead atoms. The molecule has 0 aromatic heterocycles. The van der Waals surface area contributed by atoms with Crippen LogP contribution in [0.1, 0.15) is 26.2 Å². The zero-order valence-corrected chi connectivity index (χ0v) is 12.8. The number of likely N-dealkylation sites (N-methyl/N-ethyl adjacent to an activating group) is 1. The number of ether oxygens (including phenoxy) is 1. The van der Waals surface area contributed by atoms with Gasteiger partial charge in [0.1, 0.15) is 5.54 Å². The largest absolute Gasteiger partial charge is 0.480 e. The summed E-state index contributed by atoms with van der Waals surface area (Å²) >= 11 is 0. The van der Waals surface area contributed by atoms with Crippen molar-refractivity contribution in [2.24, 2.45) is 0 Å². The number of rotatable bonds is 3. The zero-order valence-electron chi connectivity index (χ0n) is 12.8. The van der Waals surface area contributed by atoms with E-state index in [1.165, 1.54) is 0 Å². The summed E-state index contributed by atoms with van der Waals surface area (Å²) in [5, 5.41) is 12.2. The first kappa shape index (κ1) is 16.0. The highest BCUT2D eigenvalue weighted by Gasteiger charge is 2.43. The van der Waals surface area contributed by atoms with Gasteiger partial charge in [-0.25, -0.2) is 9.59 Å². The van der Waals surface area contributed by atoms with Crippen molar-refractivity contribution in [3.63, 3.8) is 0 Å². The third kappa shape index (κ3) is 3.47. The van der Waals surface area contributed by atoms with Gasteiger partial charge >= 0.3 is 12.0 Å². The van der Waals surface area contributed by atoms with Crippen LogP contribution < -0.4 is 5.32 Å². The van der Waals surface area contributed by atoms with E-state index in [0.717, 1.165) is 13.0 Å². The number of aliphatic carboxylic acids is 1. The second kappa shape index (κ2) is 6.62. The number of nitrogens with zero attached hydrogens (tertiary/aromatic N) is 2. The smallest absolute Gasteiger partial charge is 0.329 e. The maximum absolute atomic E-state index is 12.4. The SMILES string of the molecule is CCC1CN(C(=O)NC2(C(=O)O)CCOCC2)CCN1C. The lowest BCUT2D eigenvalue weighted by Gasteiger charge is -2.41. The molecule has 1 unspecified atom stereocenters. The van der Waals surface area contributed by atoms with Crippen molar-refractivity contribution in [3.8, 4) is 0 Å². The fourth-order valence-electron chi connectivity index (χ4n) is 2.97. The van der Waals surface area contributed by atoms with E-state index in [1.54, 1.807) is 4.90 Å². The van der Waals surface area contributed by atoms with Crippen molar-refractivity contribution in [2.75, 3.05) is 39.9 Å². The van der Waals surface area contributed by atoms with Crippen LogP contribution in [-0.2, 0) is 9.53 Å². The van der Waals surface area contributed by atoms with Crippen LogP contribution in [-0.4, -0.2) is 78.4 Å². The lowest BCUT2D eigenvalue weighted by atomic mass is 9.90. The standard InChI is InChI=1S/C14H25N3O4/c1-3-11-10-17(7-6-16(11)2)13(20)15-14(12(18)19)4-8-21-9-5-14/h11H,3-10H2,1-2H3,(H,15,20)(H,18,19). The molecule has 2 aliphatic heterocycles. The molecule has 0 aromatic rings. The molecule has 0 radical (unpaired) electrons. The van der Waals surface area contributed by atoms with Crippen LogP contribution in [0.2, 0.25) is 0 Å². The number of urea groups is 1. The second-order valence-corrected chi connectivity index (χ2v) is 5.92. The Labute approximate surface area is 125 Å². The highest BCUT2D eigenvalue weighted by molar-refractivity contribution is 5.86. The van der Waals surface area contributed by atoms with Gasteiger partial charge < -0.3 is 20.1 Å². The van der Waals surface area contributed by atoms with Crippen LogP contribution in [0.15, 0.2) is 0 Å². The van der Waals surface area contributed by atoms with Gasteiger partial charge in [0.2, 0.25) is 0 Å². The molecule has 7 heteroatoms. The molecule has 2 heterocycles. The number of piperazine rings is 1. The Hall–Kier alpha value is -1.34. The summed E-state index contributed by atoms with van der Waals surface area (Å²) < 4.78 is 5.22. The van der Waals surface area contributed by atoms with Crippen molar-refractivity contribution in [1.82, 2.24) is 15.1 Å². The van der Waals surface area contributed by atoms with Gasteiger partial charge in [0.05, 0.1) is 0 Å². The minimum Gasteiger partial charge on any atom is -0.480 e. The lowest BCUT2D eigenvalue weighted by Crippen LogP contribution is -2.63. The van der Waals surface area contributed by atoms with Crippen molar-refractivity contribution < 1.29 is 19.4 Å². The summed E-state index contributed by atoms with van der Waals surface area (Å²) in [6.45, 7) is 4.92. The molecule has 2 fully saturated rings. The first-order valence-electron chi connectivity index (χ1n) is 7.57. The number of carbonyl (C=O) groups excluding carboxylic acids is 1. The zero-order chi connectivity index (χ0) is 15.5. The third-order valence-electron chi connectivity index (χ3n) is 4.64. The highest BCUT2D eigenvalue weighted by Crippen LogP contribution is 2.22. The van der Waals surface area contributed by atoms with E-state index in [2.05, 4.69) is 24.2 Å². The molecule has 2 N–H and O–H groups in total. The predicted molar refractivity (Wildman–Crippen MR) is 77.2 cm³/mol. The topological polar surface area (TPSA) is 82.1 Å². The van der Waals surface area contributed by atoms with Crippen molar-refractivity contribution in [3.05, 3.63) is 0 Å². The highest BCUT2D eigenvalue weighted by atomic mass is 16.5. The van der Waals surface area contributed by atoms with Crippen LogP contribution in [0, 0.1) is 0 Å². The van der Waals surface area contributed by atoms with Gasteiger partial charge in [0.25, 0.3) is 0 Å². The Balaban J connectivity index is 2.00. The number of hydrogen-bond acceptors (Lipinski definition) is 4. The molecule has 1 atom stereocenters. The van der Waals surface area contributed by atoms with E-state index in [9.17, 15) is 14.7 Å². The molecule has 2 rings (SSSR count).